The van der Waals surface area contributed by atoms with E-state index in [4.69, 9.17) is 4.55 Å². The van der Waals surface area contributed by atoms with Gasteiger partial charge in [0, 0.05) is 24.3 Å². The zero-order valence-electron chi connectivity index (χ0n) is 11.0. The van der Waals surface area contributed by atoms with Crippen LogP contribution in [0.5, 0.6) is 0 Å². The zero-order chi connectivity index (χ0) is 14.6. The van der Waals surface area contributed by atoms with Crippen molar-refractivity contribution in [3.8, 4) is 11.4 Å². The number of nitrogens with zero attached hydrogens (tertiary/aromatic N) is 2. The summed E-state index contributed by atoms with van der Waals surface area (Å²) in [4.78, 5) is 0. The van der Waals surface area contributed by atoms with Gasteiger partial charge in [-0.15, -0.1) is 0 Å². The summed E-state index contributed by atoms with van der Waals surface area (Å²) in [6.07, 6.45) is 4.29. The van der Waals surface area contributed by atoms with E-state index in [0.29, 0.717) is 0 Å². The Hall–Kier alpha value is -1.83. The summed E-state index contributed by atoms with van der Waals surface area (Å²) in [5.74, 6) is 0. The molecule has 7 heteroatoms. The van der Waals surface area contributed by atoms with E-state index in [9.17, 15) is 8.42 Å². The lowest BCUT2D eigenvalue weighted by molar-refractivity contribution is -0.794. The fourth-order valence-corrected chi connectivity index (χ4v) is 2.02. The molecule has 3 heterocycles. The summed E-state index contributed by atoms with van der Waals surface area (Å²) in [5.41, 5.74) is 2.61. The molecule has 0 radical (unpaired) electrons. The second-order valence-electron chi connectivity index (χ2n) is 4.15. The van der Waals surface area contributed by atoms with Gasteiger partial charge in [0.05, 0.1) is 7.11 Å². The van der Waals surface area contributed by atoms with E-state index in [1.165, 1.54) is 11.4 Å². The van der Waals surface area contributed by atoms with Gasteiger partial charge in [-0.2, -0.15) is 17.6 Å². The first kappa shape index (κ1) is 14.6. The number of aryl methyl sites for hydroxylation is 2. The van der Waals surface area contributed by atoms with Crippen LogP contribution < -0.4 is 9.13 Å². The van der Waals surface area contributed by atoms with E-state index < -0.39 is 10.4 Å². The zero-order valence-corrected chi connectivity index (χ0v) is 11.8. The maximum atomic E-state index is 9.33. The molecule has 1 aliphatic rings. The Balaban J connectivity index is 0.000000212. The monoisotopic (exact) mass is 296 g/mol. The van der Waals surface area contributed by atoms with Crippen molar-refractivity contribution in [2.75, 3.05) is 7.11 Å². The van der Waals surface area contributed by atoms with Gasteiger partial charge >= 0.3 is 10.4 Å². The van der Waals surface area contributed by atoms with E-state index in [0.717, 1.165) is 20.2 Å². The number of hydrogen-bond acceptors (Lipinski definition) is 3. The first-order chi connectivity index (χ1) is 9.51. The number of aromatic nitrogens is 2. The first-order valence-corrected chi connectivity index (χ1v) is 7.38. The van der Waals surface area contributed by atoms with Crippen LogP contribution in [0.25, 0.3) is 11.4 Å². The number of hydrogen-bond donors (Lipinski definition) is 1. The Morgan fingerprint density at radius 1 is 1.00 bits per heavy atom. The lowest BCUT2D eigenvalue weighted by Gasteiger charge is -2.08. The topological polar surface area (TPSA) is 71.4 Å². The number of pyridine rings is 2. The van der Waals surface area contributed by atoms with Crippen LogP contribution in [0.15, 0.2) is 48.8 Å². The largest absolute Gasteiger partial charge is 0.397 e. The summed E-state index contributed by atoms with van der Waals surface area (Å²) < 4.78 is 34.3. The van der Waals surface area contributed by atoms with Crippen LogP contribution in [0.4, 0.5) is 0 Å². The predicted molar refractivity (Wildman–Crippen MR) is 70.8 cm³/mol. The Bertz CT molecular complexity index is 656. The average molecular weight is 296 g/mol. The number of rotatable bonds is 1. The molecule has 0 amide bonds. The molecule has 0 saturated carbocycles. The fourth-order valence-electron chi connectivity index (χ4n) is 2.02. The minimum atomic E-state index is -4.16. The molecule has 0 spiro atoms. The van der Waals surface area contributed by atoms with Gasteiger partial charge in [0.15, 0.2) is 12.4 Å². The minimum absolute atomic E-state index is 0.870. The molecule has 1 N–H and O–H groups in total. The molecule has 106 valence electrons. The van der Waals surface area contributed by atoms with E-state index >= 15 is 0 Å². The van der Waals surface area contributed by atoms with Crippen LogP contribution in [0.2, 0.25) is 0 Å². The predicted octanol–water partition coefficient (Wildman–Crippen LogP) is 0.378. The second kappa shape index (κ2) is 6.08. The third-order valence-electron chi connectivity index (χ3n) is 2.94. The van der Waals surface area contributed by atoms with Gasteiger partial charge in [-0.05, 0) is 12.1 Å². The highest BCUT2D eigenvalue weighted by Gasteiger charge is 2.27. The highest BCUT2D eigenvalue weighted by Crippen LogP contribution is 2.11. The Labute approximate surface area is 117 Å². The molecule has 0 atom stereocenters. The van der Waals surface area contributed by atoms with Crippen molar-refractivity contribution in [1.29, 1.82) is 0 Å². The summed E-state index contributed by atoms with van der Waals surface area (Å²) in [7, 11) is -3.29. The SMILES string of the molecule is COS(=O)(=O)O.c1cc[n+]2c(c1)-c1cccc[n+]1CC2. The van der Waals surface area contributed by atoms with E-state index in [1.54, 1.807) is 0 Å². The minimum Gasteiger partial charge on any atom is -0.264 e. The van der Waals surface area contributed by atoms with Crippen LogP contribution in [0.1, 0.15) is 0 Å². The normalized spacial score (nSPS) is 12.7. The molecule has 2 aromatic rings. The standard InChI is InChI=1S/C12H12N2.CH4O4S/c1-3-7-13-9-10-14-8-4-2-6-12(14)11(13)5-1;1-5-6(2,3)4/h1-8H,9-10H2;1H3,(H,2,3,4)/q+2;. The first-order valence-electron chi connectivity index (χ1n) is 6.01. The van der Waals surface area contributed by atoms with Crippen molar-refractivity contribution in [2.45, 2.75) is 13.1 Å². The van der Waals surface area contributed by atoms with Crippen LogP contribution in [-0.2, 0) is 27.7 Å². The van der Waals surface area contributed by atoms with Crippen molar-refractivity contribution in [1.82, 2.24) is 0 Å². The molecular weight excluding hydrogens is 280 g/mol. The van der Waals surface area contributed by atoms with Crippen molar-refractivity contribution in [3.63, 3.8) is 0 Å². The highest BCUT2D eigenvalue weighted by atomic mass is 32.3. The lowest BCUT2D eigenvalue weighted by atomic mass is 10.2. The van der Waals surface area contributed by atoms with Crippen molar-refractivity contribution >= 4 is 10.4 Å². The maximum absolute atomic E-state index is 9.33. The molecule has 6 nitrogen and oxygen atoms in total. The van der Waals surface area contributed by atoms with Gasteiger partial charge in [-0.25, -0.2) is 0 Å². The molecule has 0 fully saturated rings. The Morgan fingerprint density at radius 2 is 1.40 bits per heavy atom. The van der Waals surface area contributed by atoms with Gasteiger partial charge in [-0.3, -0.25) is 8.74 Å². The van der Waals surface area contributed by atoms with Crippen LogP contribution in [-0.4, -0.2) is 20.1 Å². The summed E-state index contributed by atoms with van der Waals surface area (Å²) in [6.45, 7) is 2.13. The van der Waals surface area contributed by atoms with Gasteiger partial charge < -0.3 is 0 Å². The molecule has 0 saturated heterocycles. The molecule has 1 aliphatic heterocycles. The summed E-state index contributed by atoms with van der Waals surface area (Å²) in [6, 6.07) is 12.7. The molecule has 20 heavy (non-hydrogen) atoms. The third-order valence-corrected chi connectivity index (χ3v) is 3.36. The molecular formula is C13H16N2O4S+2. The summed E-state index contributed by atoms with van der Waals surface area (Å²) in [5, 5.41) is 0. The third kappa shape index (κ3) is 3.60. The Morgan fingerprint density at radius 3 is 1.75 bits per heavy atom. The molecule has 0 aromatic carbocycles. The van der Waals surface area contributed by atoms with E-state index in [1.807, 2.05) is 0 Å². The highest BCUT2D eigenvalue weighted by molar-refractivity contribution is 7.80. The fraction of sp³-hybridized carbons (Fsp3) is 0.231. The average Bonchev–Trinajstić information content (AvgIpc) is 2.47. The van der Waals surface area contributed by atoms with Gasteiger partial charge in [0.25, 0.3) is 11.4 Å². The molecule has 3 rings (SSSR count). The molecule has 0 bridgehead atoms. The van der Waals surface area contributed by atoms with Crippen LogP contribution >= 0.6 is 0 Å². The molecule has 0 aliphatic carbocycles. The van der Waals surface area contributed by atoms with Crippen molar-refractivity contribution < 1.29 is 26.3 Å². The number of fused-ring (bicyclic) bond motifs is 3. The summed E-state index contributed by atoms with van der Waals surface area (Å²) >= 11 is 0. The van der Waals surface area contributed by atoms with Crippen LogP contribution in [0, 0.1) is 0 Å². The van der Waals surface area contributed by atoms with Gasteiger partial charge in [0.2, 0.25) is 13.1 Å². The van der Waals surface area contributed by atoms with Crippen LogP contribution in [0.3, 0.4) is 0 Å². The van der Waals surface area contributed by atoms with Crippen molar-refractivity contribution in [3.05, 3.63) is 48.8 Å². The van der Waals surface area contributed by atoms with E-state index in [2.05, 4.69) is 62.1 Å². The van der Waals surface area contributed by atoms with E-state index in [-0.39, 0.29) is 0 Å². The molecule has 0 unspecified atom stereocenters. The van der Waals surface area contributed by atoms with Gasteiger partial charge in [0.1, 0.15) is 0 Å². The smallest absolute Gasteiger partial charge is 0.264 e. The Kier molecular flexibility index (Phi) is 4.43. The maximum Gasteiger partial charge on any atom is 0.397 e. The lowest BCUT2D eigenvalue weighted by Crippen LogP contribution is -2.52. The quantitative estimate of drug-likeness (QED) is 0.610. The molecule has 2 aromatic heterocycles. The van der Waals surface area contributed by atoms with Crippen molar-refractivity contribution in [2.24, 2.45) is 0 Å². The van der Waals surface area contributed by atoms with Gasteiger partial charge in [-0.1, -0.05) is 0 Å². The second-order valence-corrected chi connectivity index (χ2v) is 5.34.